The van der Waals surface area contributed by atoms with Crippen LogP contribution < -0.4 is 5.32 Å². The highest BCUT2D eigenvalue weighted by Gasteiger charge is 2.27. The Kier molecular flexibility index (Phi) is 2.88. The molecule has 1 aliphatic rings. The lowest BCUT2D eigenvalue weighted by Gasteiger charge is -2.09. The normalized spacial score (nSPS) is 30.6. The first-order valence-corrected chi connectivity index (χ1v) is 4.23. The predicted molar refractivity (Wildman–Crippen MR) is 42.5 cm³/mol. The molecule has 0 aromatic carbocycles. The number of nitrogens with one attached hydrogen (secondary N) is 1. The zero-order chi connectivity index (χ0) is 8.27. The molecule has 2 atom stereocenters. The predicted octanol–water partition coefficient (Wildman–Crippen LogP) is 0.992. The van der Waals surface area contributed by atoms with Gasteiger partial charge in [-0.3, -0.25) is 4.79 Å². The van der Waals surface area contributed by atoms with Crippen LogP contribution in [0.2, 0.25) is 0 Å². The zero-order valence-electron chi connectivity index (χ0n) is 6.84. The van der Waals surface area contributed by atoms with Crippen LogP contribution in [0.15, 0.2) is 0 Å². The Labute approximate surface area is 66.8 Å². The van der Waals surface area contributed by atoms with Gasteiger partial charge in [-0.05, 0) is 19.3 Å². The Morgan fingerprint density at radius 1 is 1.64 bits per heavy atom. The minimum atomic E-state index is -0.705. The van der Waals surface area contributed by atoms with Crippen molar-refractivity contribution in [3.8, 4) is 0 Å². The van der Waals surface area contributed by atoms with E-state index < -0.39 is 5.97 Å². The third-order valence-corrected chi connectivity index (χ3v) is 2.18. The molecule has 0 bridgehead atoms. The molecule has 3 heteroatoms. The molecule has 11 heavy (non-hydrogen) atoms. The minimum absolute atomic E-state index is 0.286. The van der Waals surface area contributed by atoms with Crippen LogP contribution >= 0.6 is 0 Å². The summed E-state index contributed by atoms with van der Waals surface area (Å²) in [6, 6.07) is 0.160. The lowest BCUT2D eigenvalue weighted by Crippen LogP contribution is -2.35. The summed E-state index contributed by atoms with van der Waals surface area (Å²) in [5.41, 5.74) is 0. The summed E-state index contributed by atoms with van der Waals surface area (Å²) in [7, 11) is 0. The minimum Gasteiger partial charge on any atom is -0.480 e. The molecule has 1 fully saturated rings. The van der Waals surface area contributed by atoms with E-state index in [1.807, 2.05) is 0 Å². The van der Waals surface area contributed by atoms with Gasteiger partial charge in [0.1, 0.15) is 6.04 Å². The third kappa shape index (κ3) is 2.19. The summed E-state index contributed by atoms with van der Waals surface area (Å²) < 4.78 is 0. The van der Waals surface area contributed by atoms with Crippen LogP contribution in [0.4, 0.5) is 0 Å². The molecular formula is C8H15NO2. The Bertz CT molecular complexity index is 147. The highest BCUT2D eigenvalue weighted by atomic mass is 16.4. The molecule has 0 radical (unpaired) electrons. The number of aliphatic carboxylic acids is 1. The van der Waals surface area contributed by atoms with Crippen LogP contribution in [-0.4, -0.2) is 23.2 Å². The number of hydrogen-bond acceptors (Lipinski definition) is 2. The Balaban J connectivity index is 2.29. The van der Waals surface area contributed by atoms with Gasteiger partial charge in [-0.15, -0.1) is 0 Å². The van der Waals surface area contributed by atoms with Crippen LogP contribution in [0.5, 0.6) is 0 Å². The molecule has 0 aromatic heterocycles. The van der Waals surface area contributed by atoms with E-state index in [4.69, 9.17) is 5.11 Å². The van der Waals surface area contributed by atoms with Crippen LogP contribution in [0, 0.1) is 0 Å². The van der Waals surface area contributed by atoms with Gasteiger partial charge in [0.2, 0.25) is 0 Å². The van der Waals surface area contributed by atoms with E-state index in [2.05, 4.69) is 12.2 Å². The molecule has 1 saturated heterocycles. The van der Waals surface area contributed by atoms with E-state index in [9.17, 15) is 4.79 Å². The van der Waals surface area contributed by atoms with Crippen molar-refractivity contribution in [1.82, 2.24) is 5.32 Å². The zero-order valence-corrected chi connectivity index (χ0v) is 6.84. The Hall–Kier alpha value is -0.570. The van der Waals surface area contributed by atoms with Crippen LogP contribution in [0.25, 0.3) is 0 Å². The molecule has 0 saturated carbocycles. The van der Waals surface area contributed by atoms with Gasteiger partial charge in [-0.1, -0.05) is 13.3 Å². The van der Waals surface area contributed by atoms with Crippen LogP contribution in [0.3, 0.4) is 0 Å². The van der Waals surface area contributed by atoms with Crippen molar-refractivity contribution in [3.05, 3.63) is 0 Å². The van der Waals surface area contributed by atoms with E-state index in [-0.39, 0.29) is 6.04 Å². The summed E-state index contributed by atoms with van der Waals surface area (Å²) in [6.07, 6.45) is 4.04. The van der Waals surface area contributed by atoms with Gasteiger partial charge in [0.25, 0.3) is 0 Å². The number of carboxylic acid groups (broad SMARTS) is 1. The molecule has 0 amide bonds. The van der Waals surface area contributed by atoms with Gasteiger partial charge in [0.05, 0.1) is 0 Å². The average molecular weight is 157 g/mol. The Morgan fingerprint density at radius 2 is 2.36 bits per heavy atom. The van der Waals surface area contributed by atoms with Crippen molar-refractivity contribution in [3.63, 3.8) is 0 Å². The summed E-state index contributed by atoms with van der Waals surface area (Å²) in [5, 5.41) is 11.7. The van der Waals surface area contributed by atoms with E-state index >= 15 is 0 Å². The van der Waals surface area contributed by atoms with Gasteiger partial charge < -0.3 is 10.4 Å². The van der Waals surface area contributed by atoms with E-state index in [1.165, 1.54) is 0 Å². The van der Waals surface area contributed by atoms with Gasteiger partial charge in [-0.25, -0.2) is 0 Å². The van der Waals surface area contributed by atoms with E-state index in [0.717, 1.165) is 25.7 Å². The average Bonchev–Trinajstić information content (AvgIpc) is 2.37. The lowest BCUT2D eigenvalue weighted by atomic mass is 10.1. The maximum Gasteiger partial charge on any atom is 0.320 e. The van der Waals surface area contributed by atoms with Gasteiger partial charge in [-0.2, -0.15) is 0 Å². The third-order valence-electron chi connectivity index (χ3n) is 2.18. The largest absolute Gasteiger partial charge is 0.480 e. The quantitative estimate of drug-likeness (QED) is 0.642. The van der Waals surface area contributed by atoms with Crippen LogP contribution in [-0.2, 0) is 4.79 Å². The molecule has 3 nitrogen and oxygen atoms in total. The highest BCUT2D eigenvalue weighted by molar-refractivity contribution is 5.73. The van der Waals surface area contributed by atoms with Crippen molar-refractivity contribution < 1.29 is 9.90 Å². The summed E-state index contributed by atoms with van der Waals surface area (Å²) in [4.78, 5) is 10.5. The SMILES string of the molecule is CCCC1CCC(C(=O)O)N1. The topological polar surface area (TPSA) is 49.3 Å². The molecule has 1 rings (SSSR count). The highest BCUT2D eigenvalue weighted by Crippen LogP contribution is 2.15. The summed E-state index contributed by atoms with van der Waals surface area (Å²) >= 11 is 0. The molecule has 64 valence electrons. The van der Waals surface area contributed by atoms with Crippen molar-refractivity contribution >= 4 is 5.97 Å². The fourth-order valence-electron chi connectivity index (χ4n) is 1.59. The first-order valence-electron chi connectivity index (χ1n) is 4.23. The van der Waals surface area contributed by atoms with E-state index in [0.29, 0.717) is 6.04 Å². The molecule has 0 aromatic rings. The number of carboxylic acids is 1. The Morgan fingerprint density at radius 3 is 2.82 bits per heavy atom. The first-order chi connectivity index (χ1) is 5.24. The van der Waals surface area contributed by atoms with Gasteiger partial charge >= 0.3 is 5.97 Å². The second-order valence-corrected chi connectivity index (χ2v) is 3.12. The van der Waals surface area contributed by atoms with Gasteiger partial charge in [0.15, 0.2) is 0 Å². The van der Waals surface area contributed by atoms with Crippen molar-refractivity contribution in [2.75, 3.05) is 0 Å². The first kappa shape index (κ1) is 8.53. The molecule has 1 heterocycles. The maximum atomic E-state index is 10.5. The monoisotopic (exact) mass is 157 g/mol. The lowest BCUT2D eigenvalue weighted by molar-refractivity contribution is -0.139. The molecule has 0 aliphatic carbocycles. The van der Waals surface area contributed by atoms with Crippen molar-refractivity contribution in [2.45, 2.75) is 44.7 Å². The van der Waals surface area contributed by atoms with Gasteiger partial charge in [0, 0.05) is 6.04 Å². The van der Waals surface area contributed by atoms with Crippen LogP contribution in [0.1, 0.15) is 32.6 Å². The summed E-state index contributed by atoms with van der Waals surface area (Å²) in [5.74, 6) is -0.705. The fraction of sp³-hybridized carbons (Fsp3) is 0.875. The second kappa shape index (κ2) is 3.72. The van der Waals surface area contributed by atoms with E-state index in [1.54, 1.807) is 0 Å². The molecule has 1 aliphatic heterocycles. The number of carbonyl (C=O) groups is 1. The second-order valence-electron chi connectivity index (χ2n) is 3.12. The summed E-state index contributed by atoms with van der Waals surface area (Å²) in [6.45, 7) is 2.12. The van der Waals surface area contributed by atoms with Crippen molar-refractivity contribution in [2.24, 2.45) is 0 Å². The molecular weight excluding hydrogens is 142 g/mol. The van der Waals surface area contributed by atoms with Crippen molar-refractivity contribution in [1.29, 1.82) is 0 Å². The fourth-order valence-corrected chi connectivity index (χ4v) is 1.59. The smallest absolute Gasteiger partial charge is 0.320 e. The number of rotatable bonds is 3. The number of hydrogen-bond donors (Lipinski definition) is 2. The molecule has 2 N–H and O–H groups in total. The standard InChI is InChI=1S/C8H15NO2/c1-2-3-6-4-5-7(9-6)8(10)11/h6-7,9H,2-5H2,1H3,(H,10,11). The molecule has 2 unspecified atom stereocenters. The molecule has 0 spiro atoms. The maximum absolute atomic E-state index is 10.5.